The van der Waals surface area contributed by atoms with Gasteiger partial charge in [-0.15, -0.1) is 0 Å². The van der Waals surface area contributed by atoms with Crippen LogP contribution in [0, 0.1) is 5.92 Å². The summed E-state index contributed by atoms with van der Waals surface area (Å²) in [6.45, 7) is 2.12. The quantitative estimate of drug-likeness (QED) is 0.607. The molecule has 0 amide bonds. The van der Waals surface area contributed by atoms with Gasteiger partial charge in [0.05, 0.1) is 0 Å². The molecule has 1 aromatic heterocycles. The van der Waals surface area contributed by atoms with Gasteiger partial charge in [0, 0.05) is 6.54 Å². The summed E-state index contributed by atoms with van der Waals surface area (Å²) in [5.74, 6) is 0.492. The number of aromatic nitrogens is 3. The fourth-order valence-electron chi connectivity index (χ4n) is 4.13. The molecule has 3 aromatic carbocycles. The summed E-state index contributed by atoms with van der Waals surface area (Å²) in [5, 5.41) is 15.7. The molecule has 2 unspecified atom stereocenters. The lowest BCUT2D eigenvalue weighted by Gasteiger charge is -2.30. The van der Waals surface area contributed by atoms with Gasteiger partial charge in [-0.2, -0.15) is 15.0 Å². The van der Waals surface area contributed by atoms with Crippen molar-refractivity contribution in [3.8, 4) is 0 Å². The number of nitrogens with one attached hydrogen (secondary N) is 1. The van der Waals surface area contributed by atoms with Crippen molar-refractivity contribution in [2.24, 2.45) is 5.92 Å². The zero-order valence-electron chi connectivity index (χ0n) is 14.7. The van der Waals surface area contributed by atoms with E-state index in [1.54, 1.807) is 0 Å². The van der Waals surface area contributed by atoms with Crippen molar-refractivity contribution in [1.82, 2.24) is 20.3 Å². The minimum atomic E-state index is 0.153. The summed E-state index contributed by atoms with van der Waals surface area (Å²) in [6, 6.07) is 23.6. The molecule has 2 heterocycles. The molecule has 26 heavy (non-hydrogen) atoms. The Morgan fingerprint density at radius 3 is 2.35 bits per heavy atom. The van der Waals surface area contributed by atoms with Crippen LogP contribution in [0.3, 0.4) is 0 Å². The fraction of sp³-hybridized carbons (Fsp3) is 0.273. The van der Waals surface area contributed by atoms with Crippen LogP contribution in [-0.4, -0.2) is 28.1 Å². The summed E-state index contributed by atoms with van der Waals surface area (Å²) in [7, 11) is 0. The molecule has 0 spiro atoms. The van der Waals surface area contributed by atoms with E-state index in [9.17, 15) is 0 Å². The van der Waals surface area contributed by atoms with Gasteiger partial charge in [0.2, 0.25) is 0 Å². The second kappa shape index (κ2) is 6.54. The molecule has 1 fully saturated rings. The summed E-state index contributed by atoms with van der Waals surface area (Å²) < 4.78 is 0. The molecule has 5 rings (SSSR count). The van der Waals surface area contributed by atoms with Crippen molar-refractivity contribution in [3.05, 3.63) is 72.3 Å². The molecular weight excluding hydrogens is 320 g/mol. The number of nitrogens with zero attached hydrogens (tertiary/aromatic N) is 3. The van der Waals surface area contributed by atoms with E-state index in [1.165, 1.54) is 29.2 Å². The number of fused-ring (bicyclic) bond motifs is 2. The predicted octanol–water partition coefficient (Wildman–Crippen LogP) is 4.17. The minimum Gasteiger partial charge on any atom is -0.316 e. The third-order valence-electron chi connectivity index (χ3n) is 5.45. The molecule has 0 saturated carbocycles. The van der Waals surface area contributed by atoms with Crippen LogP contribution in [-0.2, 0) is 0 Å². The van der Waals surface area contributed by atoms with E-state index in [2.05, 4.69) is 47.8 Å². The molecule has 4 nitrogen and oxygen atoms in total. The number of piperidine rings is 1. The molecule has 4 heteroatoms. The first-order chi connectivity index (χ1) is 12.9. The Morgan fingerprint density at radius 1 is 0.885 bits per heavy atom. The van der Waals surface area contributed by atoms with Gasteiger partial charge in [-0.05, 0) is 59.8 Å². The van der Waals surface area contributed by atoms with Crippen LogP contribution < -0.4 is 5.32 Å². The van der Waals surface area contributed by atoms with Crippen LogP contribution in [0.15, 0.2) is 66.7 Å². The van der Waals surface area contributed by atoms with E-state index in [-0.39, 0.29) is 6.04 Å². The summed E-state index contributed by atoms with van der Waals surface area (Å²) in [4.78, 5) is 1.95. The molecule has 2 atom stereocenters. The van der Waals surface area contributed by atoms with Crippen molar-refractivity contribution in [2.45, 2.75) is 18.9 Å². The highest BCUT2D eigenvalue weighted by Gasteiger charge is 2.28. The number of benzene rings is 3. The van der Waals surface area contributed by atoms with E-state index in [4.69, 9.17) is 10.2 Å². The lowest BCUT2D eigenvalue weighted by Crippen LogP contribution is -2.36. The van der Waals surface area contributed by atoms with Gasteiger partial charge >= 0.3 is 0 Å². The Balaban J connectivity index is 1.64. The van der Waals surface area contributed by atoms with Gasteiger partial charge in [-0.3, -0.25) is 0 Å². The Labute approximate surface area is 152 Å². The second-order valence-electron chi connectivity index (χ2n) is 7.17. The molecule has 0 aliphatic carbocycles. The first-order valence-corrected chi connectivity index (χ1v) is 9.39. The van der Waals surface area contributed by atoms with E-state index in [0.29, 0.717) is 5.92 Å². The van der Waals surface area contributed by atoms with E-state index in [0.717, 1.165) is 24.1 Å². The molecule has 1 saturated heterocycles. The highest BCUT2D eigenvalue weighted by atomic mass is 15.5. The summed E-state index contributed by atoms with van der Waals surface area (Å²) >= 11 is 0. The Hall–Kier alpha value is -2.72. The smallest absolute Gasteiger partial charge is 0.113 e. The molecule has 0 bridgehead atoms. The summed E-state index contributed by atoms with van der Waals surface area (Å²) in [6.07, 6.45) is 2.40. The zero-order chi connectivity index (χ0) is 17.3. The Kier molecular flexibility index (Phi) is 3.91. The summed E-state index contributed by atoms with van der Waals surface area (Å²) in [5.41, 5.74) is 3.21. The molecular formula is C22H22N4. The Morgan fingerprint density at radius 2 is 1.62 bits per heavy atom. The minimum absolute atomic E-state index is 0.153. The maximum absolute atomic E-state index is 4.82. The Bertz CT molecular complexity index is 1010. The van der Waals surface area contributed by atoms with Crippen LogP contribution in [0.2, 0.25) is 0 Å². The highest BCUT2D eigenvalue weighted by Crippen LogP contribution is 2.32. The van der Waals surface area contributed by atoms with Crippen LogP contribution in [0.25, 0.3) is 21.8 Å². The SMILES string of the molecule is c1ccc2cc(C(C3CCCNC3)n3nc4ccccc4n3)ccc2c1. The van der Waals surface area contributed by atoms with E-state index < -0.39 is 0 Å². The standard InChI is InChI=1S/C22H22N4/c1-2-7-17-14-18(12-11-16(17)6-1)22(19-8-5-13-23-15-19)26-24-20-9-3-4-10-21(20)25-26/h1-4,6-7,9-12,14,19,22-23H,5,8,13,15H2. The van der Waals surface area contributed by atoms with Crippen LogP contribution >= 0.6 is 0 Å². The molecule has 1 aliphatic rings. The van der Waals surface area contributed by atoms with E-state index in [1.807, 2.05) is 29.1 Å². The molecule has 1 aliphatic heterocycles. The van der Waals surface area contributed by atoms with Crippen molar-refractivity contribution < 1.29 is 0 Å². The zero-order valence-corrected chi connectivity index (χ0v) is 14.7. The van der Waals surface area contributed by atoms with Crippen molar-refractivity contribution >= 4 is 21.8 Å². The van der Waals surface area contributed by atoms with Crippen LogP contribution in [0.4, 0.5) is 0 Å². The first kappa shape index (κ1) is 15.5. The average molecular weight is 342 g/mol. The van der Waals surface area contributed by atoms with Crippen LogP contribution in [0.1, 0.15) is 24.4 Å². The third-order valence-corrected chi connectivity index (χ3v) is 5.45. The molecule has 1 N–H and O–H groups in total. The fourth-order valence-corrected chi connectivity index (χ4v) is 4.13. The lowest BCUT2D eigenvalue weighted by atomic mass is 9.87. The maximum Gasteiger partial charge on any atom is 0.113 e. The first-order valence-electron chi connectivity index (χ1n) is 9.39. The largest absolute Gasteiger partial charge is 0.316 e. The molecule has 130 valence electrons. The van der Waals surface area contributed by atoms with Gasteiger partial charge in [-0.1, -0.05) is 48.5 Å². The van der Waals surface area contributed by atoms with Crippen LogP contribution in [0.5, 0.6) is 0 Å². The predicted molar refractivity (Wildman–Crippen MR) is 105 cm³/mol. The topological polar surface area (TPSA) is 42.7 Å². The second-order valence-corrected chi connectivity index (χ2v) is 7.17. The number of hydrogen-bond acceptors (Lipinski definition) is 3. The molecule has 4 aromatic rings. The van der Waals surface area contributed by atoms with Crippen molar-refractivity contribution in [3.63, 3.8) is 0 Å². The van der Waals surface area contributed by atoms with Gasteiger partial charge in [0.25, 0.3) is 0 Å². The third kappa shape index (κ3) is 2.76. The number of rotatable bonds is 3. The highest BCUT2D eigenvalue weighted by molar-refractivity contribution is 5.83. The van der Waals surface area contributed by atoms with Crippen molar-refractivity contribution in [1.29, 1.82) is 0 Å². The maximum atomic E-state index is 4.82. The average Bonchev–Trinajstić information content (AvgIpc) is 3.12. The van der Waals surface area contributed by atoms with Gasteiger partial charge < -0.3 is 5.32 Å². The normalized spacial score (nSPS) is 19.0. The number of hydrogen-bond donors (Lipinski definition) is 1. The van der Waals surface area contributed by atoms with E-state index >= 15 is 0 Å². The lowest BCUT2D eigenvalue weighted by molar-refractivity contribution is 0.265. The van der Waals surface area contributed by atoms with Gasteiger partial charge in [0.1, 0.15) is 17.1 Å². The van der Waals surface area contributed by atoms with Gasteiger partial charge in [0.15, 0.2) is 0 Å². The van der Waals surface area contributed by atoms with Gasteiger partial charge in [-0.25, -0.2) is 0 Å². The monoisotopic (exact) mass is 342 g/mol. The molecule has 0 radical (unpaired) electrons. The van der Waals surface area contributed by atoms with Crippen molar-refractivity contribution in [2.75, 3.05) is 13.1 Å².